The van der Waals surface area contributed by atoms with E-state index in [4.69, 9.17) is 0 Å². The molecule has 2 atom stereocenters. The van der Waals surface area contributed by atoms with Crippen LogP contribution in [-0.2, 0) is 17.8 Å². The number of piperidine rings is 1. The highest BCUT2D eigenvalue weighted by molar-refractivity contribution is 7.91. The Morgan fingerprint density at radius 3 is 2.36 bits per heavy atom. The standard InChI is InChI=1S/C21H29FN2O3S/c1-19(2,3)28(27)23-17-20(11-13-24(14-12-20)18(25)26)9-10-21(17,22)15-16-7-5-4-6-8-16/h4-8H,9-15H2,1-3H3,(H,25,26)/b23-17-. The third-order valence-electron chi connectivity index (χ3n) is 5.94. The van der Waals surface area contributed by atoms with E-state index in [1.54, 1.807) is 0 Å². The second kappa shape index (κ2) is 7.67. The van der Waals surface area contributed by atoms with Crippen LogP contribution in [0.25, 0.3) is 0 Å². The molecule has 1 spiro atoms. The van der Waals surface area contributed by atoms with Gasteiger partial charge in [0.1, 0.15) is 21.8 Å². The lowest BCUT2D eigenvalue weighted by Crippen LogP contribution is -2.48. The molecule has 0 aromatic heterocycles. The molecule has 5 nitrogen and oxygen atoms in total. The molecule has 7 heteroatoms. The van der Waals surface area contributed by atoms with Crippen LogP contribution in [0, 0.1) is 5.41 Å². The number of amides is 1. The number of hydrogen-bond donors (Lipinski definition) is 1. The molecule has 1 aromatic carbocycles. The predicted octanol–water partition coefficient (Wildman–Crippen LogP) is 4.39. The maximum atomic E-state index is 16.3. The zero-order valence-electron chi connectivity index (χ0n) is 16.8. The molecule has 1 amide bonds. The van der Waals surface area contributed by atoms with E-state index < -0.39 is 33.3 Å². The monoisotopic (exact) mass is 408 g/mol. The van der Waals surface area contributed by atoms with Gasteiger partial charge in [-0.05, 0) is 52.0 Å². The largest absolute Gasteiger partial charge is 0.591 e. The van der Waals surface area contributed by atoms with E-state index in [1.165, 1.54) is 4.90 Å². The number of carbonyl (C=O) groups is 1. The highest BCUT2D eigenvalue weighted by Gasteiger charge is 2.57. The fraction of sp³-hybridized carbons (Fsp3) is 0.619. The van der Waals surface area contributed by atoms with Gasteiger partial charge in [0.05, 0.1) is 0 Å². The Kier molecular flexibility index (Phi) is 5.79. The molecule has 1 saturated carbocycles. The molecule has 1 heterocycles. The van der Waals surface area contributed by atoms with Crippen molar-refractivity contribution in [3.05, 3.63) is 35.9 Å². The average molecular weight is 409 g/mol. The molecule has 1 saturated heterocycles. The van der Waals surface area contributed by atoms with Gasteiger partial charge in [-0.3, -0.25) is 0 Å². The summed E-state index contributed by atoms with van der Waals surface area (Å²) in [4.78, 5) is 12.7. The SMILES string of the molecule is CC(C)(C)[S+]([O-])/N=C1\C(F)(Cc2ccccc2)CCC12CCN(C(=O)O)CC2. The molecule has 28 heavy (non-hydrogen) atoms. The average Bonchev–Trinajstić information content (AvgIpc) is 2.88. The number of alkyl halides is 1. The van der Waals surface area contributed by atoms with Crippen LogP contribution in [0.3, 0.4) is 0 Å². The zero-order chi connectivity index (χ0) is 20.6. The number of nitrogens with zero attached hydrogens (tertiary/aromatic N) is 2. The molecule has 2 fully saturated rings. The van der Waals surface area contributed by atoms with E-state index in [9.17, 15) is 14.5 Å². The van der Waals surface area contributed by atoms with Crippen molar-refractivity contribution in [2.45, 2.75) is 63.3 Å². The topological polar surface area (TPSA) is 76.0 Å². The van der Waals surface area contributed by atoms with Gasteiger partial charge >= 0.3 is 6.09 Å². The molecule has 1 N–H and O–H groups in total. The van der Waals surface area contributed by atoms with Crippen LogP contribution in [0.4, 0.5) is 9.18 Å². The van der Waals surface area contributed by atoms with Crippen molar-refractivity contribution in [1.82, 2.24) is 4.90 Å². The van der Waals surface area contributed by atoms with Crippen LogP contribution in [0.2, 0.25) is 0 Å². The second-order valence-corrected chi connectivity index (χ2v) is 10.9. The summed E-state index contributed by atoms with van der Waals surface area (Å²) in [6, 6.07) is 9.48. The molecule has 1 aromatic rings. The lowest BCUT2D eigenvalue weighted by Gasteiger charge is -2.39. The van der Waals surface area contributed by atoms with Gasteiger partial charge in [0.15, 0.2) is 5.67 Å². The number of halogens is 1. The van der Waals surface area contributed by atoms with Crippen molar-refractivity contribution in [2.24, 2.45) is 9.81 Å². The summed E-state index contributed by atoms with van der Waals surface area (Å²) in [5.41, 5.74) is -0.870. The molecular formula is C21H29FN2O3S. The van der Waals surface area contributed by atoms with E-state index in [2.05, 4.69) is 4.40 Å². The first kappa shape index (κ1) is 21.1. The highest BCUT2D eigenvalue weighted by atomic mass is 32.2. The third-order valence-corrected chi connectivity index (χ3v) is 7.34. The van der Waals surface area contributed by atoms with Gasteiger partial charge in [-0.1, -0.05) is 34.7 Å². The van der Waals surface area contributed by atoms with Crippen molar-refractivity contribution < 1.29 is 18.8 Å². The minimum absolute atomic E-state index is 0.207. The Hall–Kier alpha value is -1.60. The molecular weight excluding hydrogens is 379 g/mol. The number of carboxylic acid groups (broad SMARTS) is 1. The lowest BCUT2D eigenvalue weighted by molar-refractivity contribution is 0.113. The lowest BCUT2D eigenvalue weighted by atomic mass is 9.74. The first-order valence-electron chi connectivity index (χ1n) is 9.78. The Balaban J connectivity index is 1.95. The van der Waals surface area contributed by atoms with Crippen LogP contribution >= 0.6 is 0 Å². The van der Waals surface area contributed by atoms with Gasteiger partial charge in [0, 0.05) is 24.9 Å². The van der Waals surface area contributed by atoms with Gasteiger partial charge in [0.25, 0.3) is 0 Å². The predicted molar refractivity (Wildman–Crippen MR) is 110 cm³/mol. The van der Waals surface area contributed by atoms with Crippen molar-refractivity contribution in [3.8, 4) is 0 Å². The van der Waals surface area contributed by atoms with Crippen LogP contribution < -0.4 is 0 Å². The number of rotatable bonds is 3. The number of likely N-dealkylation sites (tertiary alicyclic amines) is 1. The molecule has 0 bridgehead atoms. The number of benzene rings is 1. The molecule has 0 radical (unpaired) electrons. The van der Waals surface area contributed by atoms with E-state index in [0.717, 1.165) is 5.56 Å². The van der Waals surface area contributed by atoms with Crippen LogP contribution in [0.1, 0.15) is 52.0 Å². The van der Waals surface area contributed by atoms with Crippen LogP contribution in [0.5, 0.6) is 0 Å². The summed E-state index contributed by atoms with van der Waals surface area (Å²) in [7, 11) is 0. The van der Waals surface area contributed by atoms with Crippen molar-refractivity contribution >= 4 is 23.2 Å². The Labute approximate surface area is 169 Å². The van der Waals surface area contributed by atoms with Gasteiger partial charge < -0.3 is 14.6 Å². The Bertz CT molecular complexity index is 742. The number of hydrogen-bond acceptors (Lipinski definition) is 3. The van der Waals surface area contributed by atoms with E-state index in [0.29, 0.717) is 44.5 Å². The van der Waals surface area contributed by atoms with E-state index in [1.807, 2.05) is 51.1 Å². The Morgan fingerprint density at radius 2 is 1.82 bits per heavy atom. The molecule has 1 aliphatic heterocycles. The summed E-state index contributed by atoms with van der Waals surface area (Å²) < 4.78 is 33.0. The first-order valence-corrected chi connectivity index (χ1v) is 10.9. The van der Waals surface area contributed by atoms with E-state index in [-0.39, 0.29) is 6.42 Å². The highest BCUT2D eigenvalue weighted by Crippen LogP contribution is 2.52. The fourth-order valence-electron chi connectivity index (χ4n) is 4.25. The van der Waals surface area contributed by atoms with Gasteiger partial charge in [-0.25, -0.2) is 9.18 Å². The maximum absolute atomic E-state index is 16.3. The van der Waals surface area contributed by atoms with Crippen molar-refractivity contribution in [3.63, 3.8) is 0 Å². The van der Waals surface area contributed by atoms with Crippen molar-refractivity contribution in [1.29, 1.82) is 0 Å². The quantitative estimate of drug-likeness (QED) is 0.754. The smallest absolute Gasteiger partial charge is 0.407 e. The van der Waals surface area contributed by atoms with E-state index >= 15 is 4.39 Å². The van der Waals surface area contributed by atoms with Gasteiger partial charge in [0.2, 0.25) is 0 Å². The van der Waals surface area contributed by atoms with Crippen LogP contribution in [-0.4, -0.2) is 49.9 Å². The maximum Gasteiger partial charge on any atom is 0.407 e. The Morgan fingerprint density at radius 1 is 1.21 bits per heavy atom. The summed E-state index contributed by atoms with van der Waals surface area (Å²) in [6.07, 6.45) is 1.26. The summed E-state index contributed by atoms with van der Waals surface area (Å²) in [5.74, 6) is 0. The van der Waals surface area contributed by atoms with Gasteiger partial charge in [-0.2, -0.15) is 0 Å². The summed E-state index contributed by atoms with van der Waals surface area (Å²) in [5, 5.41) is 9.26. The molecule has 1 aliphatic carbocycles. The molecule has 2 unspecified atom stereocenters. The van der Waals surface area contributed by atoms with Gasteiger partial charge in [-0.15, -0.1) is 0 Å². The molecule has 3 rings (SSSR count). The summed E-state index contributed by atoms with van der Waals surface area (Å²) >= 11 is -1.56. The van der Waals surface area contributed by atoms with Crippen LogP contribution in [0.15, 0.2) is 34.7 Å². The third kappa shape index (κ3) is 4.20. The summed E-state index contributed by atoms with van der Waals surface area (Å²) in [6.45, 7) is 6.21. The zero-order valence-corrected chi connectivity index (χ0v) is 17.6. The molecule has 154 valence electrons. The molecule has 2 aliphatic rings. The fourth-order valence-corrected chi connectivity index (χ4v) is 5.05. The minimum atomic E-state index is -1.65. The van der Waals surface area contributed by atoms with Crippen molar-refractivity contribution in [2.75, 3.05) is 13.1 Å². The second-order valence-electron chi connectivity index (χ2n) is 8.98. The normalized spacial score (nSPS) is 27.3. The minimum Gasteiger partial charge on any atom is -0.591 e. The first-order chi connectivity index (χ1) is 13.1.